The summed E-state index contributed by atoms with van der Waals surface area (Å²) >= 11 is 0. The van der Waals surface area contributed by atoms with Crippen LogP contribution in [-0.2, 0) is 0 Å². The van der Waals surface area contributed by atoms with Crippen LogP contribution in [0.1, 0.15) is 18.2 Å². The largest absolute Gasteiger partial charge is 0.316 e. The Balaban J connectivity index is 2.13. The van der Waals surface area contributed by atoms with Crippen LogP contribution >= 0.6 is 0 Å². The molecule has 1 aliphatic rings. The quantitative estimate of drug-likeness (QED) is 0.692. The van der Waals surface area contributed by atoms with Crippen LogP contribution in [-0.4, -0.2) is 27.7 Å². The van der Waals surface area contributed by atoms with Crippen molar-refractivity contribution in [3.63, 3.8) is 0 Å². The molecule has 1 unspecified atom stereocenters. The summed E-state index contributed by atoms with van der Waals surface area (Å²) in [4.78, 5) is 15.9. The zero-order chi connectivity index (χ0) is 10.3. The molecule has 0 amide bonds. The van der Waals surface area contributed by atoms with Gasteiger partial charge in [-0.05, 0) is 19.0 Å². The van der Waals surface area contributed by atoms with Crippen molar-refractivity contribution in [3.05, 3.63) is 34.4 Å². The van der Waals surface area contributed by atoms with Crippen molar-refractivity contribution in [1.29, 1.82) is 0 Å². The zero-order valence-corrected chi connectivity index (χ0v) is 8.23. The molecule has 1 aliphatic heterocycles. The van der Waals surface area contributed by atoms with E-state index in [0.717, 1.165) is 25.3 Å². The molecule has 0 aliphatic carbocycles. The highest BCUT2D eigenvalue weighted by Crippen LogP contribution is 2.18. The van der Waals surface area contributed by atoms with Crippen molar-refractivity contribution in [3.8, 4) is 0 Å². The molecule has 2 aromatic heterocycles. The molecule has 5 nitrogen and oxygen atoms in total. The molecular formula is C10H12N4O. The molecule has 5 heteroatoms. The molecule has 78 valence electrons. The fraction of sp³-hybridized carbons (Fsp3) is 0.400. The van der Waals surface area contributed by atoms with Crippen LogP contribution < -0.4 is 10.9 Å². The lowest BCUT2D eigenvalue weighted by molar-refractivity contribution is 0.695. The van der Waals surface area contributed by atoms with Crippen LogP contribution in [0.25, 0.3) is 5.65 Å². The third-order valence-corrected chi connectivity index (χ3v) is 2.84. The Morgan fingerprint density at radius 2 is 2.40 bits per heavy atom. The Labute approximate surface area is 86.1 Å². The van der Waals surface area contributed by atoms with Gasteiger partial charge in [-0.1, -0.05) is 6.07 Å². The minimum absolute atomic E-state index is 0.0581. The Morgan fingerprint density at radius 3 is 3.13 bits per heavy atom. The first-order chi connectivity index (χ1) is 7.34. The highest BCUT2D eigenvalue weighted by atomic mass is 16.1. The van der Waals surface area contributed by atoms with Gasteiger partial charge in [0.15, 0.2) is 5.65 Å². The van der Waals surface area contributed by atoms with Crippen molar-refractivity contribution in [2.45, 2.75) is 12.3 Å². The van der Waals surface area contributed by atoms with Gasteiger partial charge in [-0.25, -0.2) is 9.50 Å². The summed E-state index contributed by atoms with van der Waals surface area (Å²) < 4.78 is 1.49. The van der Waals surface area contributed by atoms with Crippen LogP contribution in [0, 0.1) is 0 Å². The first-order valence-electron chi connectivity index (χ1n) is 5.13. The summed E-state index contributed by atoms with van der Waals surface area (Å²) in [7, 11) is 0. The van der Waals surface area contributed by atoms with E-state index in [1.807, 2.05) is 6.07 Å². The maximum absolute atomic E-state index is 11.5. The molecule has 15 heavy (non-hydrogen) atoms. The SMILES string of the molecule is O=c1cccc2nc(C3CCNC3)[nH]n12. The van der Waals surface area contributed by atoms with Gasteiger partial charge in [-0.15, -0.1) is 0 Å². The predicted molar refractivity (Wildman–Crippen MR) is 56.0 cm³/mol. The minimum Gasteiger partial charge on any atom is -0.316 e. The van der Waals surface area contributed by atoms with E-state index in [4.69, 9.17) is 0 Å². The molecule has 3 rings (SSSR count). The second-order valence-corrected chi connectivity index (χ2v) is 3.86. The van der Waals surface area contributed by atoms with E-state index >= 15 is 0 Å². The maximum Gasteiger partial charge on any atom is 0.271 e. The molecular weight excluding hydrogens is 192 g/mol. The van der Waals surface area contributed by atoms with Crippen LogP contribution in [0.15, 0.2) is 23.0 Å². The number of nitrogens with one attached hydrogen (secondary N) is 2. The number of fused-ring (bicyclic) bond motifs is 1. The van der Waals surface area contributed by atoms with Gasteiger partial charge < -0.3 is 5.32 Å². The molecule has 2 aromatic rings. The summed E-state index contributed by atoms with van der Waals surface area (Å²) in [6.07, 6.45) is 1.08. The first kappa shape index (κ1) is 8.67. The molecule has 0 bridgehead atoms. The van der Waals surface area contributed by atoms with E-state index in [1.54, 1.807) is 6.07 Å². The number of pyridine rings is 1. The van der Waals surface area contributed by atoms with Crippen LogP contribution in [0.4, 0.5) is 0 Å². The summed E-state index contributed by atoms with van der Waals surface area (Å²) in [6.45, 7) is 1.96. The number of aromatic amines is 1. The van der Waals surface area contributed by atoms with Gasteiger partial charge >= 0.3 is 0 Å². The minimum atomic E-state index is -0.0581. The fourth-order valence-corrected chi connectivity index (χ4v) is 2.01. The van der Waals surface area contributed by atoms with E-state index in [9.17, 15) is 4.79 Å². The number of H-pyrrole nitrogens is 1. The lowest BCUT2D eigenvalue weighted by Crippen LogP contribution is -2.12. The summed E-state index contributed by atoms with van der Waals surface area (Å²) in [5.74, 6) is 1.31. The molecule has 0 aromatic carbocycles. The number of hydrogen-bond acceptors (Lipinski definition) is 3. The number of hydrogen-bond donors (Lipinski definition) is 2. The third-order valence-electron chi connectivity index (χ3n) is 2.84. The van der Waals surface area contributed by atoms with E-state index in [1.165, 1.54) is 10.6 Å². The Bertz CT molecular complexity index is 536. The van der Waals surface area contributed by atoms with Gasteiger partial charge in [0.25, 0.3) is 5.56 Å². The molecule has 0 radical (unpaired) electrons. The lowest BCUT2D eigenvalue weighted by Gasteiger charge is -2.01. The molecule has 2 N–H and O–H groups in total. The standard InChI is InChI=1S/C10H12N4O/c15-9-3-1-2-8-12-10(13-14(8)9)7-4-5-11-6-7/h1-3,7,11H,4-6H2,(H,12,13). The van der Waals surface area contributed by atoms with E-state index in [2.05, 4.69) is 15.4 Å². The second kappa shape index (κ2) is 3.20. The van der Waals surface area contributed by atoms with Crippen molar-refractivity contribution in [2.24, 2.45) is 0 Å². The first-order valence-corrected chi connectivity index (χ1v) is 5.13. The monoisotopic (exact) mass is 204 g/mol. The Hall–Kier alpha value is -1.62. The normalized spacial score (nSPS) is 21.2. The number of aromatic nitrogens is 3. The molecule has 1 atom stereocenters. The Morgan fingerprint density at radius 1 is 1.47 bits per heavy atom. The van der Waals surface area contributed by atoms with E-state index < -0.39 is 0 Å². The highest BCUT2D eigenvalue weighted by molar-refractivity contribution is 5.36. The van der Waals surface area contributed by atoms with Gasteiger partial charge in [0.05, 0.1) is 0 Å². The van der Waals surface area contributed by atoms with Gasteiger partial charge in [0, 0.05) is 18.5 Å². The number of rotatable bonds is 1. The number of nitrogens with zero attached hydrogens (tertiary/aromatic N) is 2. The van der Waals surface area contributed by atoms with Gasteiger partial charge in [0.1, 0.15) is 5.82 Å². The van der Waals surface area contributed by atoms with E-state index in [-0.39, 0.29) is 5.56 Å². The van der Waals surface area contributed by atoms with Crippen molar-refractivity contribution < 1.29 is 0 Å². The molecule has 1 fully saturated rings. The summed E-state index contributed by atoms with van der Waals surface area (Å²) in [5, 5.41) is 6.34. The zero-order valence-electron chi connectivity index (χ0n) is 8.23. The van der Waals surface area contributed by atoms with Gasteiger partial charge in [-0.2, -0.15) is 0 Å². The molecule has 1 saturated heterocycles. The predicted octanol–water partition coefficient (Wildman–Crippen LogP) is 0.0995. The van der Waals surface area contributed by atoms with Crippen molar-refractivity contribution in [1.82, 2.24) is 19.9 Å². The van der Waals surface area contributed by atoms with Gasteiger partial charge in [-0.3, -0.25) is 9.89 Å². The maximum atomic E-state index is 11.5. The van der Waals surface area contributed by atoms with Crippen LogP contribution in [0.2, 0.25) is 0 Å². The average molecular weight is 204 g/mol. The van der Waals surface area contributed by atoms with Gasteiger partial charge in [0.2, 0.25) is 0 Å². The lowest BCUT2D eigenvalue weighted by atomic mass is 10.1. The van der Waals surface area contributed by atoms with E-state index in [0.29, 0.717) is 11.6 Å². The van der Waals surface area contributed by atoms with Crippen molar-refractivity contribution in [2.75, 3.05) is 13.1 Å². The fourth-order valence-electron chi connectivity index (χ4n) is 2.01. The summed E-state index contributed by atoms with van der Waals surface area (Å²) in [6, 6.07) is 5.10. The molecule has 0 saturated carbocycles. The molecule has 3 heterocycles. The third kappa shape index (κ3) is 1.35. The highest BCUT2D eigenvalue weighted by Gasteiger charge is 2.20. The van der Waals surface area contributed by atoms with Crippen molar-refractivity contribution >= 4 is 5.65 Å². The second-order valence-electron chi connectivity index (χ2n) is 3.86. The smallest absolute Gasteiger partial charge is 0.271 e. The molecule has 0 spiro atoms. The summed E-state index contributed by atoms with van der Waals surface area (Å²) in [5.41, 5.74) is 0.640. The average Bonchev–Trinajstić information content (AvgIpc) is 2.86. The van der Waals surface area contributed by atoms with Crippen LogP contribution in [0.3, 0.4) is 0 Å². The topological polar surface area (TPSA) is 62.2 Å². The Kier molecular flexibility index (Phi) is 1.85. The van der Waals surface area contributed by atoms with Crippen LogP contribution in [0.5, 0.6) is 0 Å².